The molecule has 2 saturated carbocycles. The van der Waals surface area contributed by atoms with Crippen LogP contribution < -0.4 is 4.74 Å². The van der Waals surface area contributed by atoms with Crippen molar-refractivity contribution in [1.29, 1.82) is 0 Å². The average molecular weight is 387 g/mol. The van der Waals surface area contributed by atoms with Crippen LogP contribution in [0.2, 0.25) is 0 Å². The first kappa shape index (κ1) is 18.4. The molecule has 2 bridgehead atoms. The normalized spacial score (nSPS) is 37.6. The van der Waals surface area contributed by atoms with Crippen molar-refractivity contribution in [1.82, 2.24) is 4.90 Å². The second-order valence-electron chi connectivity index (χ2n) is 9.03. The number of ether oxygens (including phenoxy) is 1. The number of likely N-dealkylation sites (tertiary alicyclic amines) is 1. The summed E-state index contributed by atoms with van der Waals surface area (Å²) >= 11 is 0. The summed E-state index contributed by atoms with van der Waals surface area (Å²) in [5.74, 6) is 1.39. The third kappa shape index (κ3) is 2.22. The molecule has 0 unspecified atom stereocenters. The van der Waals surface area contributed by atoms with E-state index in [1.54, 1.807) is 13.0 Å². The van der Waals surface area contributed by atoms with E-state index in [1.807, 2.05) is 6.07 Å². The zero-order valence-corrected chi connectivity index (χ0v) is 16.4. The number of aromatic hydroxyl groups is 1. The maximum Gasteiger partial charge on any atom is 0.174 e. The number of carbonyl (C=O) groups excluding carboxylic acids is 1. The van der Waals surface area contributed by atoms with Crippen LogP contribution >= 0.6 is 0 Å². The van der Waals surface area contributed by atoms with E-state index in [1.165, 1.54) is 12.8 Å². The third-order valence-corrected chi connectivity index (χ3v) is 7.56. The Morgan fingerprint density at radius 1 is 1.29 bits per heavy atom. The molecular weight excluding hydrogens is 358 g/mol. The van der Waals surface area contributed by atoms with Crippen LogP contribution in [0.4, 0.5) is 0 Å². The molecule has 28 heavy (non-hydrogen) atoms. The fraction of sp³-hybridized carbons (Fsp3) is 0.682. The Balaban J connectivity index is 0.000000538. The largest absolute Gasteiger partial charge is 0.504 e. The minimum Gasteiger partial charge on any atom is -0.504 e. The summed E-state index contributed by atoms with van der Waals surface area (Å²) in [5.41, 5.74) is 0.454. The van der Waals surface area contributed by atoms with Crippen molar-refractivity contribution < 1.29 is 24.9 Å². The van der Waals surface area contributed by atoms with Gasteiger partial charge in [0.2, 0.25) is 0 Å². The molecule has 6 heteroatoms. The number of hydrogen-bond acceptors (Lipinski definition) is 6. The summed E-state index contributed by atoms with van der Waals surface area (Å²) in [5, 5.41) is 29.9. The highest BCUT2D eigenvalue weighted by molar-refractivity contribution is 5.90. The minimum atomic E-state index is -0.940. The van der Waals surface area contributed by atoms with Gasteiger partial charge in [-0.25, -0.2) is 0 Å². The predicted molar refractivity (Wildman–Crippen MR) is 103 cm³/mol. The number of benzene rings is 1. The Morgan fingerprint density at radius 3 is 2.75 bits per heavy atom. The summed E-state index contributed by atoms with van der Waals surface area (Å²) in [6.45, 7) is 3.88. The Labute approximate surface area is 165 Å². The molecule has 0 radical (unpaired) electrons. The molecule has 2 aliphatic heterocycles. The van der Waals surface area contributed by atoms with Crippen LogP contribution in [-0.2, 0) is 16.6 Å². The monoisotopic (exact) mass is 387 g/mol. The number of Topliss-reactive ketones (excluding diaryl/α,β-unsaturated/α-hetero) is 1. The number of phenols is 1. The number of carbonyl (C=O) groups is 1. The number of ketones is 1. The van der Waals surface area contributed by atoms with Crippen LogP contribution in [0.25, 0.3) is 0 Å². The van der Waals surface area contributed by atoms with Crippen LogP contribution in [-0.4, -0.2) is 63.4 Å². The Hall–Kier alpha value is -1.63. The molecule has 2 heterocycles. The van der Waals surface area contributed by atoms with Crippen LogP contribution in [0, 0.1) is 5.92 Å². The quantitative estimate of drug-likeness (QED) is 0.713. The highest BCUT2D eigenvalue weighted by Gasteiger charge is 2.73. The molecule has 0 amide bonds. The lowest BCUT2D eigenvalue weighted by atomic mass is 9.49. The SMILES string of the molecule is CCO.O=C1CC[C@@]2(O)[C@H]3Cc4ccc(O)c5c4[C@@]2(CCN3CC2CC2)[C@H]1O5. The van der Waals surface area contributed by atoms with E-state index >= 15 is 0 Å². The first-order valence-electron chi connectivity index (χ1n) is 10.6. The van der Waals surface area contributed by atoms with Crippen molar-refractivity contribution in [3.8, 4) is 11.5 Å². The molecule has 1 spiro atoms. The standard InChI is InChI=1S/C20H23NO4.C2H6O/c22-13-4-3-12-9-15-20(24)6-5-14(23)18-19(20,16(12)17(13)25-18)7-8-21(15)10-11-1-2-11;1-2-3/h3-4,11,15,18,22,24H,1-2,5-10H2;3H,2H2,1H3/t15-,18+,19+,20-;/m1./s1. The van der Waals surface area contributed by atoms with Gasteiger partial charge < -0.3 is 20.1 Å². The number of rotatable bonds is 2. The van der Waals surface area contributed by atoms with Gasteiger partial charge in [-0.15, -0.1) is 0 Å². The second-order valence-corrected chi connectivity index (χ2v) is 9.03. The van der Waals surface area contributed by atoms with Gasteiger partial charge in [0.25, 0.3) is 0 Å². The second kappa shape index (κ2) is 6.18. The molecule has 6 rings (SSSR count). The minimum absolute atomic E-state index is 0.0454. The van der Waals surface area contributed by atoms with Crippen molar-refractivity contribution in [2.45, 2.75) is 68.6 Å². The molecule has 1 aromatic carbocycles. The van der Waals surface area contributed by atoms with Gasteiger partial charge in [0.1, 0.15) is 0 Å². The van der Waals surface area contributed by atoms with E-state index in [0.29, 0.717) is 18.6 Å². The molecule has 5 aliphatic rings. The summed E-state index contributed by atoms with van der Waals surface area (Å²) in [6.07, 6.45) is 4.33. The molecule has 1 saturated heterocycles. The number of aliphatic hydroxyl groups excluding tert-OH is 1. The average Bonchev–Trinajstić information content (AvgIpc) is 3.40. The molecule has 4 atom stereocenters. The Bertz CT molecular complexity index is 821. The van der Waals surface area contributed by atoms with Crippen LogP contribution in [0.1, 0.15) is 50.2 Å². The third-order valence-electron chi connectivity index (χ3n) is 7.56. The van der Waals surface area contributed by atoms with E-state index < -0.39 is 17.1 Å². The summed E-state index contributed by atoms with van der Waals surface area (Å²) in [6, 6.07) is 3.69. The number of aliphatic hydroxyl groups is 2. The van der Waals surface area contributed by atoms with Gasteiger partial charge in [-0.2, -0.15) is 0 Å². The maximum absolute atomic E-state index is 12.7. The van der Waals surface area contributed by atoms with Gasteiger partial charge >= 0.3 is 0 Å². The first-order chi connectivity index (χ1) is 13.5. The highest BCUT2D eigenvalue weighted by Crippen LogP contribution is 2.64. The van der Waals surface area contributed by atoms with E-state index in [9.17, 15) is 15.0 Å². The van der Waals surface area contributed by atoms with E-state index in [4.69, 9.17) is 9.84 Å². The molecular formula is C22H29NO5. The van der Waals surface area contributed by atoms with Gasteiger partial charge in [-0.1, -0.05) is 6.07 Å². The van der Waals surface area contributed by atoms with Crippen LogP contribution in [0.15, 0.2) is 12.1 Å². The fourth-order valence-electron chi connectivity index (χ4n) is 6.26. The summed E-state index contributed by atoms with van der Waals surface area (Å²) < 4.78 is 6.04. The van der Waals surface area contributed by atoms with Crippen molar-refractivity contribution in [3.63, 3.8) is 0 Å². The van der Waals surface area contributed by atoms with E-state index in [-0.39, 0.29) is 24.2 Å². The lowest BCUT2D eigenvalue weighted by Crippen LogP contribution is -2.76. The highest BCUT2D eigenvalue weighted by atomic mass is 16.5. The van der Waals surface area contributed by atoms with E-state index in [2.05, 4.69) is 4.90 Å². The topological polar surface area (TPSA) is 90.2 Å². The van der Waals surface area contributed by atoms with Gasteiger partial charge in [0, 0.05) is 31.2 Å². The molecule has 3 aliphatic carbocycles. The zero-order chi connectivity index (χ0) is 19.7. The fourth-order valence-corrected chi connectivity index (χ4v) is 6.26. The number of hydrogen-bond donors (Lipinski definition) is 3. The predicted octanol–water partition coefficient (Wildman–Crippen LogP) is 1.52. The summed E-state index contributed by atoms with van der Waals surface area (Å²) in [4.78, 5) is 15.2. The van der Waals surface area contributed by atoms with Crippen molar-refractivity contribution in [3.05, 3.63) is 23.3 Å². The van der Waals surface area contributed by atoms with Gasteiger partial charge in [0.15, 0.2) is 23.4 Å². The number of nitrogens with zero attached hydrogens (tertiary/aromatic N) is 1. The van der Waals surface area contributed by atoms with Crippen molar-refractivity contribution in [2.24, 2.45) is 5.92 Å². The van der Waals surface area contributed by atoms with Gasteiger partial charge in [-0.05, 0) is 63.1 Å². The molecule has 3 N–H and O–H groups in total. The molecule has 1 aromatic rings. The Morgan fingerprint density at radius 2 is 2.04 bits per heavy atom. The van der Waals surface area contributed by atoms with Gasteiger partial charge in [0.05, 0.1) is 11.0 Å². The zero-order valence-electron chi connectivity index (χ0n) is 16.4. The van der Waals surface area contributed by atoms with Crippen molar-refractivity contribution >= 4 is 5.78 Å². The lowest BCUT2D eigenvalue weighted by Gasteiger charge is -2.62. The number of phenolic OH excluding ortho intramolecular Hbond substituents is 1. The van der Waals surface area contributed by atoms with Gasteiger partial charge in [-0.3, -0.25) is 9.69 Å². The number of piperidine rings is 1. The molecule has 0 aromatic heterocycles. The van der Waals surface area contributed by atoms with Crippen molar-refractivity contribution in [2.75, 3.05) is 19.7 Å². The van der Waals surface area contributed by atoms with Crippen LogP contribution in [0.3, 0.4) is 0 Å². The molecule has 6 nitrogen and oxygen atoms in total. The lowest BCUT2D eigenvalue weighted by molar-refractivity contribution is -0.188. The molecule has 3 fully saturated rings. The Kier molecular flexibility index (Phi) is 4.06. The first-order valence-corrected chi connectivity index (χ1v) is 10.6. The maximum atomic E-state index is 12.7. The molecule has 152 valence electrons. The van der Waals surface area contributed by atoms with E-state index in [0.717, 1.165) is 43.0 Å². The van der Waals surface area contributed by atoms with Crippen LogP contribution in [0.5, 0.6) is 11.5 Å². The smallest absolute Gasteiger partial charge is 0.174 e. The summed E-state index contributed by atoms with van der Waals surface area (Å²) in [7, 11) is 0.